The fraction of sp³-hybridized carbons (Fsp3) is 0.263. The molecule has 0 saturated heterocycles. The predicted octanol–water partition coefficient (Wildman–Crippen LogP) is 3.28. The number of aryl methyl sites for hydroxylation is 1. The van der Waals surface area contributed by atoms with E-state index < -0.39 is 0 Å². The molecule has 3 rings (SSSR count). The molecule has 0 unspecified atom stereocenters. The number of hydrogen-bond acceptors (Lipinski definition) is 4. The minimum absolute atomic E-state index is 0.0284. The first-order valence-electron chi connectivity index (χ1n) is 7.65. The largest absolute Gasteiger partial charge is 0.384 e. The van der Waals surface area contributed by atoms with Crippen molar-refractivity contribution in [1.29, 1.82) is 0 Å². The maximum Gasteiger partial charge on any atom is 0.134 e. The molecular weight excluding hydrogens is 284 g/mol. The van der Waals surface area contributed by atoms with Gasteiger partial charge in [0.25, 0.3) is 0 Å². The number of nitrogens with one attached hydrogen (secondary N) is 1. The van der Waals surface area contributed by atoms with E-state index in [0.29, 0.717) is 5.82 Å². The van der Waals surface area contributed by atoms with Gasteiger partial charge in [0, 0.05) is 28.8 Å². The van der Waals surface area contributed by atoms with Crippen molar-refractivity contribution in [2.75, 3.05) is 12.3 Å². The van der Waals surface area contributed by atoms with Crippen LogP contribution in [0.5, 0.6) is 0 Å². The van der Waals surface area contributed by atoms with Crippen LogP contribution in [0.1, 0.15) is 41.8 Å². The molecule has 3 N–H and O–H groups in total. The van der Waals surface area contributed by atoms with E-state index in [1.165, 1.54) is 11.9 Å². The van der Waals surface area contributed by atoms with Gasteiger partial charge in [-0.3, -0.25) is 0 Å². The average molecular weight is 306 g/mol. The average Bonchev–Trinajstić information content (AvgIpc) is 2.51. The fourth-order valence-corrected chi connectivity index (χ4v) is 3.08. The molecule has 4 heteroatoms. The fourth-order valence-electron chi connectivity index (χ4n) is 3.08. The summed E-state index contributed by atoms with van der Waals surface area (Å²) in [5.74, 6) is 0.463. The van der Waals surface area contributed by atoms with Crippen LogP contribution in [-0.4, -0.2) is 16.5 Å². The molecule has 0 aliphatic carbocycles. The SMILES string of the molecule is C=C1NCC(C)(C)c2cc(C(=C)c3c(C)ncnc3N)ccc21. The Morgan fingerprint density at radius 1 is 1.30 bits per heavy atom. The summed E-state index contributed by atoms with van der Waals surface area (Å²) in [6.45, 7) is 15.6. The summed E-state index contributed by atoms with van der Waals surface area (Å²) < 4.78 is 0. The Morgan fingerprint density at radius 2 is 2.04 bits per heavy atom. The molecule has 0 spiro atoms. The molecule has 1 aliphatic heterocycles. The number of fused-ring (bicyclic) bond motifs is 1. The highest BCUT2D eigenvalue weighted by atomic mass is 14.9. The summed E-state index contributed by atoms with van der Waals surface area (Å²) in [5, 5.41) is 3.37. The Kier molecular flexibility index (Phi) is 3.48. The van der Waals surface area contributed by atoms with E-state index >= 15 is 0 Å². The molecule has 1 aromatic heterocycles. The molecule has 4 nitrogen and oxygen atoms in total. The summed E-state index contributed by atoms with van der Waals surface area (Å²) >= 11 is 0. The van der Waals surface area contributed by atoms with Crippen LogP contribution in [0.25, 0.3) is 11.3 Å². The van der Waals surface area contributed by atoms with Gasteiger partial charge in [-0.1, -0.05) is 39.1 Å². The molecule has 0 radical (unpaired) electrons. The van der Waals surface area contributed by atoms with E-state index in [9.17, 15) is 0 Å². The maximum atomic E-state index is 6.04. The lowest BCUT2D eigenvalue weighted by atomic mass is 9.77. The molecule has 1 aromatic carbocycles. The summed E-state index contributed by atoms with van der Waals surface area (Å²) in [7, 11) is 0. The van der Waals surface area contributed by atoms with Crippen molar-refractivity contribution in [3.05, 3.63) is 65.6 Å². The third kappa shape index (κ3) is 2.50. The minimum atomic E-state index is 0.0284. The normalized spacial score (nSPS) is 15.7. The second-order valence-corrected chi connectivity index (χ2v) is 6.67. The van der Waals surface area contributed by atoms with Gasteiger partial charge in [0.1, 0.15) is 12.1 Å². The van der Waals surface area contributed by atoms with Crippen molar-refractivity contribution >= 4 is 17.1 Å². The monoisotopic (exact) mass is 306 g/mol. The van der Waals surface area contributed by atoms with Crippen molar-refractivity contribution in [1.82, 2.24) is 15.3 Å². The first-order chi connectivity index (χ1) is 10.8. The zero-order valence-corrected chi connectivity index (χ0v) is 13.9. The Balaban J connectivity index is 2.12. The highest BCUT2D eigenvalue weighted by molar-refractivity contribution is 5.85. The van der Waals surface area contributed by atoms with Crippen LogP contribution in [0.2, 0.25) is 0 Å². The van der Waals surface area contributed by atoms with Crippen LogP contribution >= 0.6 is 0 Å². The lowest BCUT2D eigenvalue weighted by molar-refractivity contribution is 0.493. The summed E-state index contributed by atoms with van der Waals surface area (Å²) in [6, 6.07) is 6.35. The number of benzene rings is 1. The molecule has 0 amide bonds. The number of nitrogens with two attached hydrogens (primary N) is 1. The van der Waals surface area contributed by atoms with Crippen molar-refractivity contribution in [3.8, 4) is 0 Å². The van der Waals surface area contributed by atoms with E-state index in [-0.39, 0.29) is 5.41 Å². The second-order valence-electron chi connectivity index (χ2n) is 6.67. The Labute approximate surface area is 137 Å². The summed E-state index contributed by atoms with van der Waals surface area (Å²) in [5.41, 5.74) is 13.0. The molecule has 0 bridgehead atoms. The van der Waals surface area contributed by atoms with Crippen LogP contribution in [0.4, 0.5) is 5.82 Å². The second kappa shape index (κ2) is 5.23. The Hall–Kier alpha value is -2.62. The standard InChI is InChI=1S/C19H22N4/c1-11(17-13(3)22-10-23-18(17)20)14-6-7-15-12(2)21-9-19(4,5)16(15)8-14/h6-8,10,21H,1-2,9H2,3-5H3,(H2,20,22,23). The zero-order valence-electron chi connectivity index (χ0n) is 13.9. The molecule has 118 valence electrons. The molecule has 1 aliphatic rings. The number of rotatable bonds is 2. The van der Waals surface area contributed by atoms with Gasteiger partial charge in [-0.2, -0.15) is 0 Å². The summed E-state index contributed by atoms with van der Waals surface area (Å²) in [4.78, 5) is 8.34. The number of anilines is 1. The highest BCUT2D eigenvalue weighted by Gasteiger charge is 2.29. The van der Waals surface area contributed by atoms with Crippen molar-refractivity contribution in [2.45, 2.75) is 26.2 Å². The highest BCUT2D eigenvalue weighted by Crippen LogP contribution is 2.36. The van der Waals surface area contributed by atoms with Gasteiger partial charge in [0.2, 0.25) is 0 Å². The Morgan fingerprint density at radius 3 is 2.74 bits per heavy atom. The van der Waals surface area contributed by atoms with Gasteiger partial charge in [0.15, 0.2) is 0 Å². The van der Waals surface area contributed by atoms with Crippen LogP contribution in [0, 0.1) is 6.92 Å². The first kappa shape index (κ1) is 15.3. The number of hydrogen-bond donors (Lipinski definition) is 2. The van der Waals surface area contributed by atoms with Crippen LogP contribution < -0.4 is 11.1 Å². The quantitative estimate of drug-likeness (QED) is 0.893. The molecule has 0 atom stereocenters. The Bertz CT molecular complexity index is 798. The number of aromatic nitrogens is 2. The van der Waals surface area contributed by atoms with Gasteiger partial charge in [-0.25, -0.2) is 9.97 Å². The number of nitrogens with zero attached hydrogens (tertiary/aromatic N) is 2. The van der Waals surface area contributed by atoms with Gasteiger partial charge in [-0.15, -0.1) is 0 Å². The van der Waals surface area contributed by atoms with Crippen molar-refractivity contribution in [2.24, 2.45) is 0 Å². The molecule has 0 saturated carbocycles. The predicted molar refractivity (Wildman–Crippen MR) is 95.8 cm³/mol. The topological polar surface area (TPSA) is 63.8 Å². The van der Waals surface area contributed by atoms with Crippen molar-refractivity contribution < 1.29 is 0 Å². The third-order valence-electron chi connectivity index (χ3n) is 4.53. The van der Waals surface area contributed by atoms with E-state index in [2.05, 4.69) is 60.5 Å². The molecular formula is C19H22N4. The smallest absolute Gasteiger partial charge is 0.134 e. The van der Waals surface area contributed by atoms with Gasteiger partial charge in [0.05, 0.1) is 5.69 Å². The van der Waals surface area contributed by atoms with Gasteiger partial charge in [-0.05, 0) is 29.7 Å². The molecule has 2 aromatic rings. The van der Waals surface area contributed by atoms with Gasteiger partial charge < -0.3 is 11.1 Å². The van der Waals surface area contributed by atoms with E-state index in [0.717, 1.165) is 40.2 Å². The molecule has 2 heterocycles. The zero-order chi connectivity index (χ0) is 16.8. The van der Waals surface area contributed by atoms with E-state index in [1.54, 1.807) is 0 Å². The maximum absolute atomic E-state index is 6.04. The van der Waals surface area contributed by atoms with Crippen LogP contribution in [0.15, 0.2) is 37.7 Å². The summed E-state index contributed by atoms with van der Waals surface area (Å²) in [6.07, 6.45) is 1.48. The van der Waals surface area contributed by atoms with Gasteiger partial charge >= 0.3 is 0 Å². The molecule has 0 fully saturated rings. The lowest BCUT2D eigenvalue weighted by Crippen LogP contribution is -2.37. The van der Waals surface area contributed by atoms with Crippen LogP contribution in [0.3, 0.4) is 0 Å². The lowest BCUT2D eigenvalue weighted by Gasteiger charge is -2.35. The van der Waals surface area contributed by atoms with Crippen molar-refractivity contribution in [3.63, 3.8) is 0 Å². The third-order valence-corrected chi connectivity index (χ3v) is 4.53. The molecule has 23 heavy (non-hydrogen) atoms. The van der Waals surface area contributed by atoms with E-state index in [4.69, 9.17) is 5.73 Å². The minimum Gasteiger partial charge on any atom is -0.384 e. The van der Waals surface area contributed by atoms with Crippen LogP contribution in [-0.2, 0) is 5.41 Å². The number of nitrogen functional groups attached to an aromatic ring is 1. The van der Waals surface area contributed by atoms with E-state index in [1.807, 2.05) is 6.92 Å². The first-order valence-corrected chi connectivity index (χ1v) is 7.65.